The lowest BCUT2D eigenvalue weighted by molar-refractivity contribution is -0.147. The number of carbonyl (C=O) groups excluding carboxylic acids is 1. The van der Waals surface area contributed by atoms with Crippen LogP contribution in [0.15, 0.2) is 44.2 Å². The Balaban J connectivity index is 2.02. The van der Waals surface area contributed by atoms with E-state index in [1.54, 1.807) is 24.3 Å². The fourth-order valence-electron chi connectivity index (χ4n) is 2.57. The van der Waals surface area contributed by atoms with Gasteiger partial charge in [0.2, 0.25) is 16.9 Å². The third-order valence-corrected chi connectivity index (χ3v) is 4.12. The number of fused-ring (bicyclic) bond motifs is 1. The summed E-state index contributed by atoms with van der Waals surface area (Å²) in [6, 6.07) is 6.90. The van der Waals surface area contributed by atoms with Crippen molar-refractivity contribution in [3.05, 3.63) is 51.9 Å². The molecule has 0 N–H and O–H groups in total. The predicted molar refractivity (Wildman–Crippen MR) is 101 cm³/mol. The maximum Gasteiger partial charge on any atom is 0.344 e. The van der Waals surface area contributed by atoms with Gasteiger partial charge < -0.3 is 18.3 Å². The first-order valence-corrected chi connectivity index (χ1v) is 8.77. The number of furan rings is 1. The molecular formula is C21H22O6. The smallest absolute Gasteiger partial charge is 0.344 e. The molecule has 3 rings (SSSR count). The molecule has 0 saturated carbocycles. The van der Waals surface area contributed by atoms with Crippen molar-refractivity contribution < 1.29 is 23.1 Å². The second-order valence-electron chi connectivity index (χ2n) is 6.86. The van der Waals surface area contributed by atoms with Crippen LogP contribution in [0, 0.1) is 19.8 Å². The van der Waals surface area contributed by atoms with Crippen LogP contribution in [0.4, 0.5) is 0 Å². The van der Waals surface area contributed by atoms with E-state index >= 15 is 0 Å². The molecule has 0 aliphatic carbocycles. The topological polar surface area (TPSA) is 78.9 Å². The van der Waals surface area contributed by atoms with E-state index in [2.05, 4.69) is 0 Å². The van der Waals surface area contributed by atoms with Crippen molar-refractivity contribution in [1.29, 1.82) is 0 Å². The monoisotopic (exact) mass is 370 g/mol. The lowest BCUT2D eigenvalue weighted by Crippen LogP contribution is -2.20. The van der Waals surface area contributed by atoms with Crippen LogP contribution >= 0.6 is 0 Å². The average molecular weight is 370 g/mol. The summed E-state index contributed by atoms with van der Waals surface area (Å²) in [5, 5.41) is 0.388. The molecule has 3 aromatic rings. The minimum atomic E-state index is -0.548. The minimum Gasteiger partial charge on any atom is -0.474 e. The van der Waals surface area contributed by atoms with Gasteiger partial charge in [-0.05, 0) is 55.2 Å². The lowest BCUT2D eigenvalue weighted by Gasteiger charge is -2.12. The predicted octanol–water partition coefficient (Wildman–Crippen LogP) is 4.25. The van der Waals surface area contributed by atoms with Crippen LogP contribution in [-0.2, 0) is 9.53 Å². The van der Waals surface area contributed by atoms with Crippen molar-refractivity contribution >= 4 is 16.9 Å². The number of benzene rings is 1. The molecule has 0 aliphatic rings. The highest BCUT2D eigenvalue weighted by atomic mass is 16.6. The molecule has 1 aromatic carbocycles. The Morgan fingerprint density at radius 1 is 1.19 bits per heavy atom. The number of rotatable bonds is 6. The summed E-state index contributed by atoms with van der Waals surface area (Å²) in [5.41, 5.74) is 2.04. The van der Waals surface area contributed by atoms with Gasteiger partial charge in [0.05, 0.1) is 18.3 Å². The van der Waals surface area contributed by atoms with Gasteiger partial charge in [-0.2, -0.15) is 0 Å². The third kappa shape index (κ3) is 4.05. The molecule has 142 valence electrons. The Morgan fingerprint density at radius 3 is 2.59 bits per heavy atom. The molecule has 6 nitrogen and oxygen atoms in total. The van der Waals surface area contributed by atoms with Crippen LogP contribution < -0.4 is 10.2 Å². The summed E-state index contributed by atoms with van der Waals surface area (Å²) in [6.45, 7) is 7.63. The molecule has 6 heteroatoms. The molecular weight excluding hydrogens is 348 g/mol. The fourth-order valence-corrected chi connectivity index (χ4v) is 2.57. The average Bonchev–Trinajstić information content (AvgIpc) is 3.15. The summed E-state index contributed by atoms with van der Waals surface area (Å²) in [5.74, 6) is 0.0932. The summed E-state index contributed by atoms with van der Waals surface area (Å²) >= 11 is 0. The zero-order valence-corrected chi connectivity index (χ0v) is 15.8. The highest BCUT2D eigenvalue weighted by Crippen LogP contribution is 2.32. The van der Waals surface area contributed by atoms with Gasteiger partial charge in [-0.1, -0.05) is 13.8 Å². The lowest BCUT2D eigenvalue weighted by atomic mass is 10.1. The highest BCUT2D eigenvalue weighted by Gasteiger charge is 2.21. The van der Waals surface area contributed by atoms with Crippen LogP contribution in [0.5, 0.6) is 5.75 Å². The van der Waals surface area contributed by atoms with Crippen LogP contribution in [0.1, 0.15) is 25.0 Å². The molecule has 2 heterocycles. The third-order valence-electron chi connectivity index (χ3n) is 4.12. The Bertz CT molecular complexity index is 1010. The molecule has 0 bridgehead atoms. The number of esters is 1. The van der Waals surface area contributed by atoms with Gasteiger partial charge in [0.25, 0.3) is 0 Å². The van der Waals surface area contributed by atoms with E-state index in [1.165, 1.54) is 6.26 Å². The van der Waals surface area contributed by atoms with Gasteiger partial charge in [0, 0.05) is 0 Å². The van der Waals surface area contributed by atoms with Crippen LogP contribution in [0.2, 0.25) is 0 Å². The van der Waals surface area contributed by atoms with Gasteiger partial charge in [-0.3, -0.25) is 4.79 Å². The van der Waals surface area contributed by atoms with E-state index in [4.69, 9.17) is 18.3 Å². The molecule has 0 amide bonds. The second-order valence-corrected chi connectivity index (χ2v) is 6.86. The summed E-state index contributed by atoms with van der Waals surface area (Å²) in [6.07, 6.45) is 1.47. The van der Waals surface area contributed by atoms with Gasteiger partial charge in [0.1, 0.15) is 5.58 Å². The largest absolute Gasteiger partial charge is 0.474 e. The number of aryl methyl sites for hydroxylation is 2. The van der Waals surface area contributed by atoms with Crippen molar-refractivity contribution in [2.75, 3.05) is 13.2 Å². The Kier molecular flexibility index (Phi) is 5.35. The van der Waals surface area contributed by atoms with Crippen LogP contribution in [-0.4, -0.2) is 19.2 Å². The summed E-state index contributed by atoms with van der Waals surface area (Å²) in [7, 11) is 0. The van der Waals surface area contributed by atoms with Crippen molar-refractivity contribution in [1.82, 2.24) is 0 Å². The Labute approximate surface area is 156 Å². The maximum absolute atomic E-state index is 13.0. The van der Waals surface area contributed by atoms with Crippen molar-refractivity contribution in [2.45, 2.75) is 27.7 Å². The van der Waals surface area contributed by atoms with E-state index in [1.807, 2.05) is 27.7 Å². The molecule has 0 radical (unpaired) electrons. The van der Waals surface area contributed by atoms with Gasteiger partial charge in [0.15, 0.2) is 12.4 Å². The maximum atomic E-state index is 13.0. The normalized spacial score (nSPS) is 11.1. The molecule has 0 aliphatic heterocycles. The zero-order chi connectivity index (χ0) is 19.6. The Hall–Kier alpha value is -3.02. The number of ether oxygens (including phenoxy) is 2. The highest BCUT2D eigenvalue weighted by molar-refractivity contribution is 5.83. The van der Waals surface area contributed by atoms with Gasteiger partial charge in [-0.25, -0.2) is 4.79 Å². The summed E-state index contributed by atoms with van der Waals surface area (Å²) in [4.78, 5) is 24.9. The minimum absolute atomic E-state index is 0.0674. The summed E-state index contributed by atoms with van der Waals surface area (Å²) < 4.78 is 21.9. The van der Waals surface area contributed by atoms with Crippen molar-refractivity contribution in [3.63, 3.8) is 0 Å². The van der Waals surface area contributed by atoms with Crippen LogP contribution in [0.3, 0.4) is 0 Å². The molecule has 27 heavy (non-hydrogen) atoms. The molecule has 0 atom stereocenters. The SMILES string of the molecule is Cc1cc2oc(-c3ccco3)c(OCC(=O)OCC(C)C)c(=O)c2cc1C. The molecule has 0 spiro atoms. The fraction of sp³-hybridized carbons (Fsp3) is 0.333. The van der Waals surface area contributed by atoms with Gasteiger partial charge in [-0.15, -0.1) is 0 Å². The standard InChI is InChI=1S/C21H22O6/c1-12(2)10-25-18(22)11-26-21-19(23)15-8-13(3)14(4)9-17(15)27-20(21)16-6-5-7-24-16/h5-9,12H,10-11H2,1-4H3. The van der Waals surface area contributed by atoms with E-state index in [0.717, 1.165) is 11.1 Å². The number of hydrogen-bond acceptors (Lipinski definition) is 6. The molecule has 2 aromatic heterocycles. The van der Waals surface area contributed by atoms with Crippen LogP contribution in [0.25, 0.3) is 22.5 Å². The molecule has 0 unspecified atom stereocenters. The molecule has 0 saturated heterocycles. The van der Waals surface area contributed by atoms with Gasteiger partial charge >= 0.3 is 5.97 Å². The first kappa shape index (κ1) is 18.8. The number of carbonyl (C=O) groups is 1. The van der Waals surface area contributed by atoms with Crippen molar-refractivity contribution in [3.8, 4) is 17.3 Å². The molecule has 0 fully saturated rings. The Morgan fingerprint density at radius 2 is 1.93 bits per heavy atom. The van der Waals surface area contributed by atoms with E-state index < -0.39 is 5.97 Å². The van der Waals surface area contributed by atoms with E-state index in [9.17, 15) is 9.59 Å². The first-order valence-electron chi connectivity index (χ1n) is 8.77. The first-order chi connectivity index (χ1) is 12.9. The quantitative estimate of drug-likeness (QED) is 0.604. The van der Waals surface area contributed by atoms with Crippen molar-refractivity contribution in [2.24, 2.45) is 5.92 Å². The zero-order valence-electron chi connectivity index (χ0n) is 15.8. The van der Waals surface area contributed by atoms with E-state index in [-0.39, 0.29) is 36.1 Å². The van der Waals surface area contributed by atoms with E-state index in [0.29, 0.717) is 16.7 Å². The second kappa shape index (κ2) is 7.70. The number of hydrogen-bond donors (Lipinski definition) is 0.